The summed E-state index contributed by atoms with van der Waals surface area (Å²) in [4.78, 5) is 47.7. The molecule has 2 fully saturated rings. The Kier molecular flexibility index (Phi) is 2.00. The Bertz CT molecular complexity index is 627. The van der Waals surface area contributed by atoms with E-state index in [2.05, 4.69) is 10.6 Å². The molecule has 4 amide bonds. The van der Waals surface area contributed by atoms with Gasteiger partial charge in [-0.3, -0.25) is 29.8 Å². The Hall–Kier alpha value is -2.50. The third-order valence-electron chi connectivity index (χ3n) is 4.45. The molecule has 20 heavy (non-hydrogen) atoms. The molecule has 6 nitrogen and oxygen atoms in total. The van der Waals surface area contributed by atoms with Gasteiger partial charge in [-0.25, -0.2) is 0 Å². The van der Waals surface area contributed by atoms with Crippen LogP contribution in [-0.2, 0) is 19.2 Å². The quantitative estimate of drug-likeness (QED) is 0.445. The lowest BCUT2D eigenvalue weighted by atomic mass is 9.59. The number of hydrogen-bond acceptors (Lipinski definition) is 4. The van der Waals surface area contributed by atoms with Gasteiger partial charge in [0.15, 0.2) is 0 Å². The van der Waals surface area contributed by atoms with Crippen LogP contribution in [0.25, 0.3) is 0 Å². The molecular formula is C14H10N2O4. The second-order valence-corrected chi connectivity index (χ2v) is 5.37. The molecule has 4 atom stereocenters. The van der Waals surface area contributed by atoms with E-state index in [1.54, 1.807) is 24.3 Å². The molecule has 2 aliphatic carbocycles. The smallest absolute Gasteiger partial charge is 0.254 e. The second kappa shape index (κ2) is 3.53. The van der Waals surface area contributed by atoms with Gasteiger partial charge in [-0.1, -0.05) is 24.3 Å². The lowest BCUT2D eigenvalue weighted by Gasteiger charge is -2.45. The minimum Gasteiger partial charge on any atom is -0.292 e. The number of hydrogen-bond donors (Lipinski definition) is 2. The Labute approximate surface area is 113 Å². The van der Waals surface area contributed by atoms with Crippen LogP contribution in [0.1, 0.15) is 0 Å². The summed E-state index contributed by atoms with van der Waals surface area (Å²) < 4.78 is 0. The van der Waals surface area contributed by atoms with Crippen LogP contribution in [-0.4, -0.2) is 23.6 Å². The lowest BCUT2D eigenvalue weighted by molar-refractivity contribution is -0.140. The van der Waals surface area contributed by atoms with Gasteiger partial charge in [0.05, 0.1) is 11.8 Å². The molecule has 2 heterocycles. The molecule has 100 valence electrons. The molecule has 2 saturated heterocycles. The van der Waals surface area contributed by atoms with Crippen molar-refractivity contribution in [1.82, 2.24) is 10.6 Å². The molecular weight excluding hydrogens is 260 g/mol. The van der Waals surface area contributed by atoms with Gasteiger partial charge in [-0.05, 0) is 0 Å². The van der Waals surface area contributed by atoms with Crippen molar-refractivity contribution >= 4 is 23.6 Å². The predicted octanol–water partition coefficient (Wildman–Crippen LogP) is -0.800. The Morgan fingerprint density at radius 1 is 0.700 bits per heavy atom. The van der Waals surface area contributed by atoms with Gasteiger partial charge in [0.25, 0.3) is 11.8 Å². The van der Waals surface area contributed by atoms with Crippen LogP contribution in [0.3, 0.4) is 0 Å². The normalized spacial score (nSPS) is 37.6. The van der Waals surface area contributed by atoms with Crippen molar-refractivity contribution in [3.8, 4) is 0 Å². The van der Waals surface area contributed by atoms with Crippen molar-refractivity contribution in [1.29, 1.82) is 0 Å². The Balaban J connectivity index is 1.94. The van der Waals surface area contributed by atoms with Gasteiger partial charge < -0.3 is 0 Å². The Morgan fingerprint density at radius 3 is 1.50 bits per heavy atom. The standard InChI is InChI=1S/C14H10N2O4/c17-11-5-1-2-6-10-8(14(20)16-12(6)18)4-3-7(9(5)10)13(19)15-11/h1-6,9-10H,(H,15,17,19)(H,16,18,20). The highest BCUT2D eigenvalue weighted by atomic mass is 16.2. The van der Waals surface area contributed by atoms with Crippen molar-refractivity contribution in [2.75, 3.05) is 0 Å². The van der Waals surface area contributed by atoms with Gasteiger partial charge in [0, 0.05) is 23.0 Å². The number of rotatable bonds is 0. The summed E-state index contributed by atoms with van der Waals surface area (Å²) in [6.45, 7) is 0. The molecule has 0 spiro atoms. The van der Waals surface area contributed by atoms with E-state index >= 15 is 0 Å². The van der Waals surface area contributed by atoms with Crippen molar-refractivity contribution in [2.24, 2.45) is 23.7 Å². The number of imide groups is 2. The highest BCUT2D eigenvalue weighted by Crippen LogP contribution is 2.48. The number of piperidine rings is 2. The van der Waals surface area contributed by atoms with E-state index in [-0.39, 0.29) is 11.8 Å². The maximum absolute atomic E-state index is 11.9. The monoisotopic (exact) mass is 270 g/mol. The molecule has 0 aromatic heterocycles. The fourth-order valence-corrected chi connectivity index (χ4v) is 3.59. The SMILES string of the molecule is O=C1NC(=O)C2C=CC3C(=O)NC(=O)C4=CC=C1C2C43. The van der Waals surface area contributed by atoms with Crippen LogP contribution in [0.4, 0.5) is 0 Å². The first-order valence-electron chi connectivity index (χ1n) is 6.38. The first-order chi connectivity index (χ1) is 9.58. The third kappa shape index (κ3) is 1.23. The number of allylic oxidation sites excluding steroid dienone is 2. The van der Waals surface area contributed by atoms with Crippen molar-refractivity contribution in [3.05, 3.63) is 35.5 Å². The maximum atomic E-state index is 11.9. The molecule has 0 bridgehead atoms. The topological polar surface area (TPSA) is 92.3 Å². The molecule has 0 aromatic rings. The number of nitrogens with one attached hydrogen (secondary N) is 2. The van der Waals surface area contributed by atoms with Gasteiger partial charge in [0.1, 0.15) is 0 Å². The van der Waals surface area contributed by atoms with Crippen molar-refractivity contribution in [3.63, 3.8) is 0 Å². The summed E-state index contributed by atoms with van der Waals surface area (Å²) in [7, 11) is 0. The average Bonchev–Trinajstić information content (AvgIpc) is 2.42. The number of amides is 4. The molecule has 2 N–H and O–H groups in total. The zero-order chi connectivity index (χ0) is 14.0. The summed E-state index contributed by atoms with van der Waals surface area (Å²) in [5.74, 6) is -3.43. The summed E-state index contributed by atoms with van der Waals surface area (Å²) in [6.07, 6.45) is 6.49. The highest BCUT2D eigenvalue weighted by Gasteiger charge is 2.53. The van der Waals surface area contributed by atoms with Crippen LogP contribution in [0, 0.1) is 23.7 Å². The summed E-state index contributed by atoms with van der Waals surface area (Å²) in [5, 5.41) is 4.62. The van der Waals surface area contributed by atoms with E-state index < -0.39 is 35.5 Å². The van der Waals surface area contributed by atoms with E-state index in [1.807, 2.05) is 0 Å². The molecule has 4 rings (SSSR count). The summed E-state index contributed by atoms with van der Waals surface area (Å²) in [5.41, 5.74) is 0.945. The number of carbonyl (C=O) groups excluding carboxylic acids is 4. The third-order valence-corrected chi connectivity index (χ3v) is 4.45. The molecule has 0 aromatic carbocycles. The Morgan fingerprint density at radius 2 is 1.10 bits per heavy atom. The predicted molar refractivity (Wildman–Crippen MR) is 65.6 cm³/mol. The van der Waals surface area contributed by atoms with E-state index in [1.165, 1.54) is 0 Å². The average molecular weight is 270 g/mol. The highest BCUT2D eigenvalue weighted by molar-refractivity contribution is 6.14. The van der Waals surface area contributed by atoms with Crippen LogP contribution in [0.15, 0.2) is 35.5 Å². The van der Waals surface area contributed by atoms with Gasteiger partial charge in [-0.15, -0.1) is 0 Å². The van der Waals surface area contributed by atoms with Crippen LogP contribution in [0.2, 0.25) is 0 Å². The lowest BCUT2D eigenvalue weighted by Crippen LogP contribution is -2.58. The van der Waals surface area contributed by atoms with E-state index in [0.717, 1.165) is 0 Å². The zero-order valence-corrected chi connectivity index (χ0v) is 10.3. The molecule has 4 unspecified atom stereocenters. The van der Waals surface area contributed by atoms with E-state index in [0.29, 0.717) is 11.1 Å². The van der Waals surface area contributed by atoms with Crippen LogP contribution >= 0.6 is 0 Å². The minimum absolute atomic E-state index is 0.369. The van der Waals surface area contributed by atoms with Crippen LogP contribution < -0.4 is 10.6 Å². The van der Waals surface area contributed by atoms with Gasteiger partial charge in [0.2, 0.25) is 11.8 Å². The van der Waals surface area contributed by atoms with Gasteiger partial charge >= 0.3 is 0 Å². The molecule has 0 radical (unpaired) electrons. The minimum atomic E-state index is -0.498. The first kappa shape index (κ1) is 11.3. The maximum Gasteiger partial charge on any atom is 0.254 e. The van der Waals surface area contributed by atoms with E-state index in [9.17, 15) is 19.2 Å². The zero-order valence-electron chi connectivity index (χ0n) is 10.3. The fraction of sp³-hybridized carbons (Fsp3) is 0.286. The molecule has 4 aliphatic rings. The van der Waals surface area contributed by atoms with Crippen LogP contribution in [0.5, 0.6) is 0 Å². The molecule has 6 heteroatoms. The van der Waals surface area contributed by atoms with Crippen molar-refractivity contribution < 1.29 is 19.2 Å². The molecule has 2 aliphatic heterocycles. The fourth-order valence-electron chi connectivity index (χ4n) is 3.59. The molecule has 0 saturated carbocycles. The first-order valence-corrected chi connectivity index (χ1v) is 6.38. The summed E-state index contributed by atoms with van der Waals surface area (Å²) in [6, 6.07) is 0. The summed E-state index contributed by atoms with van der Waals surface area (Å²) >= 11 is 0. The number of carbonyl (C=O) groups is 4. The second-order valence-electron chi connectivity index (χ2n) is 5.37. The van der Waals surface area contributed by atoms with Gasteiger partial charge in [-0.2, -0.15) is 0 Å². The van der Waals surface area contributed by atoms with Crippen molar-refractivity contribution in [2.45, 2.75) is 0 Å². The largest absolute Gasteiger partial charge is 0.292 e. The van der Waals surface area contributed by atoms with E-state index in [4.69, 9.17) is 0 Å².